The molecule has 0 bridgehead atoms. The molecule has 20 heavy (non-hydrogen) atoms. The number of fused-ring (bicyclic) bond motifs is 1. The van der Waals surface area contributed by atoms with E-state index < -0.39 is 0 Å². The first-order valence-corrected chi connectivity index (χ1v) is 7.52. The van der Waals surface area contributed by atoms with Crippen molar-refractivity contribution >= 4 is 11.6 Å². The van der Waals surface area contributed by atoms with Gasteiger partial charge in [0.2, 0.25) is 0 Å². The minimum absolute atomic E-state index is 0.0813. The summed E-state index contributed by atoms with van der Waals surface area (Å²) in [6, 6.07) is 6.13. The quantitative estimate of drug-likeness (QED) is 0.868. The number of ether oxygens (including phenoxy) is 1. The van der Waals surface area contributed by atoms with Crippen LogP contribution < -0.4 is 15.4 Å². The van der Waals surface area contributed by atoms with E-state index in [9.17, 15) is 4.79 Å². The number of amides is 1. The van der Waals surface area contributed by atoms with E-state index in [0.29, 0.717) is 13.0 Å². The Morgan fingerprint density at radius 1 is 1.35 bits per heavy atom. The number of benzene rings is 1. The zero-order valence-electron chi connectivity index (χ0n) is 12.4. The molecule has 1 aromatic rings. The fourth-order valence-corrected chi connectivity index (χ4v) is 2.54. The van der Waals surface area contributed by atoms with Crippen LogP contribution in [-0.2, 0) is 11.2 Å². The van der Waals surface area contributed by atoms with Crippen molar-refractivity contribution in [3.63, 3.8) is 0 Å². The van der Waals surface area contributed by atoms with Gasteiger partial charge >= 0.3 is 0 Å². The van der Waals surface area contributed by atoms with Crippen LogP contribution in [0.2, 0.25) is 0 Å². The number of hydrogen-bond donors (Lipinski definition) is 1. The standard InChI is InChI=1S/C16H24N2O2/c1-3-10-18-13-11-12(6-5-9-17)7-8-15(13)20-14(4-2)16(18)19/h7-8,11,14H,3-6,9-10,17H2,1-2H3. The van der Waals surface area contributed by atoms with Gasteiger partial charge in [0.25, 0.3) is 5.91 Å². The van der Waals surface area contributed by atoms with Crippen LogP contribution in [0.15, 0.2) is 18.2 Å². The molecule has 0 radical (unpaired) electrons. The highest BCUT2D eigenvalue weighted by Crippen LogP contribution is 2.35. The summed E-state index contributed by atoms with van der Waals surface area (Å²) in [5, 5.41) is 0. The van der Waals surface area contributed by atoms with Crippen LogP contribution in [0, 0.1) is 0 Å². The molecule has 0 saturated heterocycles. The van der Waals surface area contributed by atoms with Gasteiger partial charge in [0, 0.05) is 6.54 Å². The molecular formula is C16H24N2O2. The van der Waals surface area contributed by atoms with Crippen LogP contribution in [-0.4, -0.2) is 25.1 Å². The van der Waals surface area contributed by atoms with E-state index in [1.165, 1.54) is 5.56 Å². The number of carbonyl (C=O) groups excluding carboxylic acids is 1. The van der Waals surface area contributed by atoms with Gasteiger partial charge in [-0.15, -0.1) is 0 Å². The molecule has 0 spiro atoms. The second-order valence-corrected chi connectivity index (χ2v) is 5.20. The third-order valence-corrected chi connectivity index (χ3v) is 3.61. The summed E-state index contributed by atoms with van der Waals surface area (Å²) in [7, 11) is 0. The molecule has 1 aliphatic heterocycles. The van der Waals surface area contributed by atoms with Gasteiger partial charge in [-0.2, -0.15) is 0 Å². The zero-order valence-corrected chi connectivity index (χ0v) is 12.4. The predicted octanol–water partition coefficient (Wildman–Crippen LogP) is 2.49. The fraction of sp³-hybridized carbons (Fsp3) is 0.562. The maximum atomic E-state index is 12.4. The highest BCUT2D eigenvalue weighted by atomic mass is 16.5. The molecule has 4 nitrogen and oxygen atoms in total. The van der Waals surface area contributed by atoms with Gasteiger partial charge in [-0.05, 0) is 49.9 Å². The Labute approximate surface area is 120 Å². The van der Waals surface area contributed by atoms with Crippen molar-refractivity contribution in [1.29, 1.82) is 0 Å². The first-order valence-electron chi connectivity index (χ1n) is 7.52. The van der Waals surface area contributed by atoms with Crippen molar-refractivity contribution in [2.75, 3.05) is 18.0 Å². The minimum atomic E-state index is -0.344. The molecule has 1 aromatic carbocycles. The van der Waals surface area contributed by atoms with Crippen molar-refractivity contribution in [2.24, 2.45) is 5.73 Å². The average Bonchev–Trinajstić information content (AvgIpc) is 2.47. The molecule has 0 fully saturated rings. The van der Waals surface area contributed by atoms with Gasteiger partial charge in [0.1, 0.15) is 5.75 Å². The molecule has 1 heterocycles. The molecule has 1 atom stereocenters. The van der Waals surface area contributed by atoms with Gasteiger partial charge in [-0.3, -0.25) is 4.79 Å². The SMILES string of the molecule is CCCN1C(=O)C(CC)Oc2ccc(CCCN)cc21. The van der Waals surface area contributed by atoms with Gasteiger partial charge in [0.15, 0.2) is 6.10 Å². The Morgan fingerprint density at radius 2 is 2.15 bits per heavy atom. The maximum absolute atomic E-state index is 12.4. The van der Waals surface area contributed by atoms with E-state index >= 15 is 0 Å². The van der Waals surface area contributed by atoms with Crippen molar-refractivity contribution in [3.8, 4) is 5.75 Å². The second-order valence-electron chi connectivity index (χ2n) is 5.20. The summed E-state index contributed by atoms with van der Waals surface area (Å²) >= 11 is 0. The molecule has 1 amide bonds. The number of anilines is 1. The third-order valence-electron chi connectivity index (χ3n) is 3.61. The van der Waals surface area contributed by atoms with E-state index in [-0.39, 0.29) is 12.0 Å². The lowest BCUT2D eigenvalue weighted by atomic mass is 10.1. The van der Waals surface area contributed by atoms with Crippen LogP contribution in [0.4, 0.5) is 5.69 Å². The molecule has 4 heteroatoms. The fourth-order valence-electron chi connectivity index (χ4n) is 2.54. The van der Waals surface area contributed by atoms with Crippen molar-refractivity contribution in [3.05, 3.63) is 23.8 Å². The van der Waals surface area contributed by atoms with Crippen molar-refractivity contribution < 1.29 is 9.53 Å². The van der Waals surface area contributed by atoms with Gasteiger partial charge in [0.05, 0.1) is 5.69 Å². The highest BCUT2D eigenvalue weighted by Gasteiger charge is 2.32. The molecule has 110 valence electrons. The monoisotopic (exact) mass is 276 g/mol. The van der Waals surface area contributed by atoms with E-state index in [1.807, 2.05) is 17.9 Å². The molecule has 0 aliphatic carbocycles. The van der Waals surface area contributed by atoms with Gasteiger partial charge < -0.3 is 15.4 Å². The number of nitrogens with two attached hydrogens (primary N) is 1. The second kappa shape index (κ2) is 6.75. The van der Waals surface area contributed by atoms with E-state index in [2.05, 4.69) is 19.1 Å². The van der Waals surface area contributed by atoms with Crippen LogP contribution >= 0.6 is 0 Å². The Bertz CT molecular complexity index is 474. The van der Waals surface area contributed by atoms with Gasteiger partial charge in [-0.25, -0.2) is 0 Å². The molecule has 1 unspecified atom stereocenters. The Kier molecular flexibility index (Phi) is 5.01. The lowest BCUT2D eigenvalue weighted by Crippen LogP contribution is -2.46. The molecular weight excluding hydrogens is 252 g/mol. The summed E-state index contributed by atoms with van der Waals surface area (Å²) in [5.41, 5.74) is 7.68. The maximum Gasteiger partial charge on any atom is 0.268 e. The normalized spacial score (nSPS) is 17.9. The zero-order chi connectivity index (χ0) is 14.5. The molecule has 1 aliphatic rings. The summed E-state index contributed by atoms with van der Waals surface area (Å²) in [6.07, 6.45) is 3.19. The number of aryl methyl sites for hydroxylation is 1. The largest absolute Gasteiger partial charge is 0.478 e. The summed E-state index contributed by atoms with van der Waals surface area (Å²) in [6.45, 7) is 5.49. The van der Waals surface area contributed by atoms with E-state index in [4.69, 9.17) is 10.5 Å². The van der Waals surface area contributed by atoms with E-state index in [0.717, 1.165) is 37.2 Å². The molecule has 0 aromatic heterocycles. The van der Waals surface area contributed by atoms with Crippen LogP contribution in [0.3, 0.4) is 0 Å². The first-order chi connectivity index (χ1) is 9.71. The Hall–Kier alpha value is -1.55. The number of nitrogens with zero attached hydrogens (tertiary/aromatic N) is 1. The number of carbonyl (C=O) groups is 1. The number of hydrogen-bond acceptors (Lipinski definition) is 3. The number of rotatable bonds is 6. The summed E-state index contributed by atoms with van der Waals surface area (Å²) in [5.74, 6) is 0.902. The van der Waals surface area contributed by atoms with E-state index in [1.54, 1.807) is 0 Å². The van der Waals surface area contributed by atoms with Crippen molar-refractivity contribution in [1.82, 2.24) is 0 Å². The lowest BCUT2D eigenvalue weighted by molar-refractivity contribution is -0.126. The van der Waals surface area contributed by atoms with Crippen LogP contribution in [0.1, 0.15) is 38.7 Å². The Balaban J connectivity index is 2.32. The highest BCUT2D eigenvalue weighted by molar-refractivity contribution is 6.00. The molecule has 2 rings (SSSR count). The third kappa shape index (κ3) is 2.96. The van der Waals surface area contributed by atoms with Gasteiger partial charge in [-0.1, -0.05) is 19.9 Å². The lowest BCUT2D eigenvalue weighted by Gasteiger charge is -2.34. The molecule has 2 N–H and O–H groups in total. The minimum Gasteiger partial charge on any atom is -0.478 e. The smallest absolute Gasteiger partial charge is 0.268 e. The molecule has 0 saturated carbocycles. The van der Waals surface area contributed by atoms with Crippen molar-refractivity contribution in [2.45, 2.75) is 45.6 Å². The first kappa shape index (κ1) is 14.9. The summed E-state index contributed by atoms with van der Waals surface area (Å²) in [4.78, 5) is 14.3. The Morgan fingerprint density at radius 3 is 2.80 bits per heavy atom. The average molecular weight is 276 g/mol. The topological polar surface area (TPSA) is 55.6 Å². The van der Waals surface area contributed by atoms with Crippen LogP contribution in [0.5, 0.6) is 5.75 Å². The predicted molar refractivity (Wildman–Crippen MR) is 81.2 cm³/mol. The van der Waals surface area contributed by atoms with Crippen LogP contribution in [0.25, 0.3) is 0 Å². The summed E-state index contributed by atoms with van der Waals surface area (Å²) < 4.78 is 5.81.